The number of fused-ring (bicyclic) bond motifs is 3. The maximum Gasteiger partial charge on any atom is 0.287 e. The lowest BCUT2D eigenvalue weighted by Crippen LogP contribution is -2.24. The Morgan fingerprint density at radius 3 is 2.75 bits per heavy atom. The van der Waals surface area contributed by atoms with E-state index in [1.54, 1.807) is 0 Å². The van der Waals surface area contributed by atoms with Gasteiger partial charge in [0, 0.05) is 11.1 Å². The Balaban J connectivity index is 1.79. The smallest absolute Gasteiger partial charge is 0.266 e. The van der Waals surface area contributed by atoms with E-state index < -0.39 is 0 Å². The molecule has 0 amide bonds. The van der Waals surface area contributed by atoms with Crippen molar-refractivity contribution in [2.45, 2.75) is 26.8 Å². The normalized spacial score (nSPS) is 11.4. The van der Waals surface area contributed by atoms with Crippen molar-refractivity contribution in [2.24, 2.45) is 0 Å². The zero-order chi connectivity index (χ0) is 16.7. The fourth-order valence-electron chi connectivity index (χ4n) is 2.95. The first kappa shape index (κ1) is 15.0. The van der Waals surface area contributed by atoms with Crippen molar-refractivity contribution in [1.29, 1.82) is 0 Å². The van der Waals surface area contributed by atoms with Crippen molar-refractivity contribution < 1.29 is 0 Å². The van der Waals surface area contributed by atoms with Gasteiger partial charge < -0.3 is 0 Å². The second-order valence-electron chi connectivity index (χ2n) is 5.89. The van der Waals surface area contributed by atoms with Crippen LogP contribution in [0.25, 0.3) is 20.4 Å². The van der Waals surface area contributed by atoms with Gasteiger partial charge in [0.15, 0.2) is 0 Å². The number of aromatic nitrogens is 4. The van der Waals surface area contributed by atoms with Crippen LogP contribution < -0.4 is 5.56 Å². The molecule has 0 saturated heterocycles. The first-order chi connectivity index (χ1) is 11.6. The van der Waals surface area contributed by atoms with Gasteiger partial charge in [-0.25, -0.2) is 9.67 Å². The summed E-state index contributed by atoms with van der Waals surface area (Å²) in [6.07, 6.45) is 0.752. The summed E-state index contributed by atoms with van der Waals surface area (Å²) in [5.41, 5.74) is 3.79. The number of thiophene rings is 1. The minimum atomic E-state index is -0.0871. The number of nitrogens with zero attached hydrogens (tertiary/aromatic N) is 4. The molecule has 0 bridgehead atoms. The topological polar surface area (TPSA) is 60.7 Å². The van der Waals surface area contributed by atoms with E-state index in [2.05, 4.69) is 15.3 Å². The second-order valence-corrected chi connectivity index (χ2v) is 6.89. The van der Waals surface area contributed by atoms with Crippen molar-refractivity contribution in [3.8, 4) is 0 Å². The fraction of sp³-hybridized carbons (Fsp3) is 0.222. The average Bonchev–Trinajstić information content (AvgIpc) is 2.94. The Bertz CT molecular complexity index is 1100. The van der Waals surface area contributed by atoms with Gasteiger partial charge >= 0.3 is 0 Å². The number of aryl methyl sites for hydroxylation is 4. The number of hydrogen-bond acceptors (Lipinski definition) is 5. The zero-order valence-corrected chi connectivity index (χ0v) is 14.3. The summed E-state index contributed by atoms with van der Waals surface area (Å²) in [5, 5.41) is 9.40. The molecule has 0 aliphatic rings. The van der Waals surface area contributed by atoms with E-state index in [1.165, 1.54) is 21.6 Å². The summed E-state index contributed by atoms with van der Waals surface area (Å²) in [5.74, 6) is 0. The Morgan fingerprint density at radius 2 is 1.96 bits per heavy atom. The molecule has 3 heterocycles. The molecule has 0 unspecified atom stereocenters. The molecule has 0 N–H and O–H groups in total. The molecule has 0 aliphatic heterocycles. The molecule has 0 aliphatic carbocycles. The van der Waals surface area contributed by atoms with Gasteiger partial charge in [-0.3, -0.25) is 4.79 Å². The largest absolute Gasteiger partial charge is 0.287 e. The van der Waals surface area contributed by atoms with Gasteiger partial charge in [0.05, 0.1) is 6.54 Å². The van der Waals surface area contributed by atoms with E-state index in [-0.39, 0.29) is 5.56 Å². The molecular formula is C18H16N4OS. The van der Waals surface area contributed by atoms with E-state index in [4.69, 9.17) is 0 Å². The summed E-state index contributed by atoms with van der Waals surface area (Å²) in [6.45, 7) is 4.50. The van der Waals surface area contributed by atoms with Crippen LogP contribution in [0.2, 0.25) is 0 Å². The fourth-order valence-corrected chi connectivity index (χ4v) is 4.12. The molecule has 0 saturated carbocycles. The van der Waals surface area contributed by atoms with E-state index in [0.717, 1.165) is 27.9 Å². The van der Waals surface area contributed by atoms with E-state index >= 15 is 0 Å². The van der Waals surface area contributed by atoms with Crippen molar-refractivity contribution in [1.82, 2.24) is 20.0 Å². The Morgan fingerprint density at radius 1 is 1.17 bits per heavy atom. The Kier molecular flexibility index (Phi) is 3.61. The molecule has 4 aromatic rings. The monoisotopic (exact) mass is 336 g/mol. The van der Waals surface area contributed by atoms with Crippen LogP contribution in [-0.4, -0.2) is 20.0 Å². The molecule has 24 heavy (non-hydrogen) atoms. The second kappa shape index (κ2) is 5.79. The highest BCUT2D eigenvalue weighted by Crippen LogP contribution is 2.31. The van der Waals surface area contributed by atoms with Crippen molar-refractivity contribution >= 4 is 31.8 Å². The van der Waals surface area contributed by atoms with E-state index in [9.17, 15) is 4.79 Å². The Labute approximate surface area is 142 Å². The SMILES string of the molecule is Cc1cc(C)c2c(n1)sc1c(=O)n(CCc3ccccc3)nnc12. The summed E-state index contributed by atoms with van der Waals surface area (Å²) >= 11 is 1.41. The van der Waals surface area contributed by atoms with Crippen LogP contribution >= 0.6 is 11.3 Å². The van der Waals surface area contributed by atoms with Crippen molar-refractivity contribution in [3.63, 3.8) is 0 Å². The highest BCUT2D eigenvalue weighted by Gasteiger charge is 2.15. The molecule has 6 heteroatoms. The summed E-state index contributed by atoms with van der Waals surface area (Å²) < 4.78 is 2.08. The third-order valence-electron chi connectivity index (χ3n) is 4.10. The molecule has 120 valence electrons. The number of benzene rings is 1. The van der Waals surface area contributed by atoms with Gasteiger partial charge in [0.25, 0.3) is 5.56 Å². The van der Waals surface area contributed by atoms with Crippen LogP contribution in [0.15, 0.2) is 41.2 Å². The van der Waals surface area contributed by atoms with Crippen LogP contribution in [0, 0.1) is 13.8 Å². The first-order valence-corrected chi connectivity index (χ1v) is 8.63. The molecule has 0 fully saturated rings. The molecule has 0 spiro atoms. The number of hydrogen-bond donors (Lipinski definition) is 0. The molecule has 3 aromatic heterocycles. The maximum atomic E-state index is 12.8. The standard InChI is InChI=1S/C18H16N4OS/c1-11-10-12(2)19-17-14(11)15-16(24-17)18(23)22(21-20-15)9-8-13-6-4-3-5-7-13/h3-7,10H,8-9H2,1-2H3. The molecule has 0 radical (unpaired) electrons. The Hall–Kier alpha value is -2.60. The zero-order valence-electron chi connectivity index (χ0n) is 13.5. The molecule has 4 rings (SSSR count). The molecule has 0 atom stereocenters. The van der Waals surface area contributed by atoms with Crippen molar-refractivity contribution in [3.05, 3.63) is 63.6 Å². The molecular weight excluding hydrogens is 320 g/mol. The summed E-state index contributed by atoms with van der Waals surface area (Å²) in [7, 11) is 0. The number of pyridine rings is 1. The van der Waals surface area contributed by atoms with E-state index in [0.29, 0.717) is 16.8 Å². The average molecular weight is 336 g/mol. The lowest BCUT2D eigenvalue weighted by Gasteiger charge is -2.03. The summed E-state index contributed by atoms with van der Waals surface area (Å²) in [6, 6.07) is 12.1. The van der Waals surface area contributed by atoms with Gasteiger partial charge in [-0.05, 0) is 37.5 Å². The minimum Gasteiger partial charge on any atom is -0.266 e. The molecule has 1 aromatic carbocycles. The maximum absolute atomic E-state index is 12.8. The minimum absolute atomic E-state index is 0.0871. The van der Waals surface area contributed by atoms with Crippen LogP contribution in [0.1, 0.15) is 16.8 Å². The first-order valence-electron chi connectivity index (χ1n) is 7.81. The van der Waals surface area contributed by atoms with Gasteiger partial charge in [0.1, 0.15) is 15.0 Å². The predicted octanol–water partition coefficient (Wildman–Crippen LogP) is 3.26. The van der Waals surface area contributed by atoms with Gasteiger partial charge in [-0.2, -0.15) is 0 Å². The van der Waals surface area contributed by atoms with Crippen molar-refractivity contribution in [2.75, 3.05) is 0 Å². The predicted molar refractivity (Wildman–Crippen MR) is 96.6 cm³/mol. The lowest BCUT2D eigenvalue weighted by atomic mass is 10.1. The van der Waals surface area contributed by atoms with Gasteiger partial charge in [-0.15, -0.1) is 16.4 Å². The quantitative estimate of drug-likeness (QED) is 0.576. The van der Waals surface area contributed by atoms with Gasteiger partial charge in [0.2, 0.25) is 0 Å². The van der Waals surface area contributed by atoms with E-state index in [1.807, 2.05) is 50.2 Å². The lowest BCUT2D eigenvalue weighted by molar-refractivity contribution is 0.551. The van der Waals surface area contributed by atoms with Crippen LogP contribution in [0.3, 0.4) is 0 Å². The highest BCUT2D eigenvalue weighted by molar-refractivity contribution is 7.25. The third kappa shape index (κ3) is 2.49. The highest BCUT2D eigenvalue weighted by atomic mass is 32.1. The third-order valence-corrected chi connectivity index (χ3v) is 5.16. The van der Waals surface area contributed by atoms with Crippen LogP contribution in [-0.2, 0) is 13.0 Å². The number of rotatable bonds is 3. The molecule has 5 nitrogen and oxygen atoms in total. The summed E-state index contributed by atoms with van der Waals surface area (Å²) in [4.78, 5) is 18.2. The van der Waals surface area contributed by atoms with Crippen LogP contribution in [0.5, 0.6) is 0 Å². The van der Waals surface area contributed by atoms with Gasteiger partial charge in [-0.1, -0.05) is 35.5 Å². The van der Waals surface area contributed by atoms with Crippen LogP contribution in [0.4, 0.5) is 0 Å².